The number of methoxy groups -OCH3 is 2. The van der Waals surface area contributed by atoms with Gasteiger partial charge in [0.2, 0.25) is 5.91 Å². The second-order valence-electron chi connectivity index (χ2n) is 4.87. The van der Waals surface area contributed by atoms with Crippen LogP contribution in [0.3, 0.4) is 0 Å². The molecule has 0 saturated heterocycles. The van der Waals surface area contributed by atoms with Crippen molar-refractivity contribution < 1.29 is 19.2 Å². The first-order valence-corrected chi connectivity index (χ1v) is 7.89. The summed E-state index contributed by atoms with van der Waals surface area (Å²) in [4.78, 5) is 22.2. The Morgan fingerprint density at radius 2 is 2.00 bits per heavy atom. The number of carbonyl (C=O) groups excluding carboxylic acids is 1. The maximum absolute atomic E-state index is 12.0. The summed E-state index contributed by atoms with van der Waals surface area (Å²) < 4.78 is 11.2. The second kappa shape index (κ2) is 8.29. The summed E-state index contributed by atoms with van der Waals surface area (Å²) in [6, 6.07) is 9.22. The number of nitrogens with one attached hydrogen (secondary N) is 1. The number of non-ortho nitro benzene ring substituents is 1. The number of hydrogen-bond donors (Lipinski definition) is 1. The Labute approximate surface area is 152 Å². The summed E-state index contributed by atoms with van der Waals surface area (Å²) in [7, 11) is 3.05. The maximum Gasteiger partial charge on any atom is 0.271 e. The van der Waals surface area contributed by atoms with Crippen molar-refractivity contribution >= 4 is 39.3 Å². The molecule has 2 aromatic carbocycles. The van der Waals surface area contributed by atoms with Gasteiger partial charge >= 0.3 is 0 Å². The third kappa shape index (κ3) is 4.80. The van der Waals surface area contributed by atoms with Gasteiger partial charge in [0.15, 0.2) is 11.5 Å². The Morgan fingerprint density at radius 1 is 1.24 bits per heavy atom. The Hall–Kier alpha value is -2.87. The van der Waals surface area contributed by atoms with E-state index in [1.54, 1.807) is 24.3 Å². The van der Waals surface area contributed by atoms with E-state index in [0.29, 0.717) is 21.7 Å². The lowest BCUT2D eigenvalue weighted by Crippen LogP contribution is -2.07. The number of ether oxygens (including phenoxy) is 2. The monoisotopic (exact) mass is 406 g/mol. The third-order valence-corrected chi connectivity index (χ3v) is 3.80. The van der Waals surface area contributed by atoms with Gasteiger partial charge in [-0.25, -0.2) is 0 Å². The van der Waals surface area contributed by atoms with Crippen LogP contribution in [0.4, 0.5) is 11.4 Å². The van der Waals surface area contributed by atoms with Crippen molar-refractivity contribution in [2.75, 3.05) is 19.5 Å². The number of halogens is 1. The highest BCUT2D eigenvalue weighted by Crippen LogP contribution is 2.36. The summed E-state index contributed by atoms with van der Waals surface area (Å²) in [5.74, 6) is 0.669. The van der Waals surface area contributed by atoms with E-state index in [1.807, 2.05) is 0 Å². The van der Waals surface area contributed by atoms with Crippen LogP contribution in [-0.4, -0.2) is 25.1 Å². The number of nitrogens with zero attached hydrogens (tertiary/aromatic N) is 1. The Morgan fingerprint density at radius 3 is 2.64 bits per heavy atom. The number of anilines is 1. The molecule has 0 aliphatic heterocycles. The molecule has 0 saturated carbocycles. The van der Waals surface area contributed by atoms with Crippen molar-refractivity contribution in [1.82, 2.24) is 0 Å². The molecule has 7 nitrogen and oxygen atoms in total. The smallest absolute Gasteiger partial charge is 0.271 e. The average Bonchev–Trinajstić information content (AvgIpc) is 2.59. The first-order chi connectivity index (χ1) is 11.9. The van der Waals surface area contributed by atoms with Crippen molar-refractivity contribution in [1.29, 1.82) is 0 Å². The van der Waals surface area contributed by atoms with Gasteiger partial charge in [-0.15, -0.1) is 0 Å². The van der Waals surface area contributed by atoms with Crippen LogP contribution in [0, 0.1) is 10.1 Å². The van der Waals surface area contributed by atoms with Gasteiger partial charge in [0, 0.05) is 23.9 Å². The molecule has 0 aliphatic carbocycles. The van der Waals surface area contributed by atoms with Crippen molar-refractivity contribution in [2.24, 2.45) is 0 Å². The number of rotatable bonds is 6. The molecule has 2 aromatic rings. The molecular weight excluding hydrogens is 392 g/mol. The zero-order valence-corrected chi connectivity index (χ0v) is 15.1. The molecule has 0 fully saturated rings. The van der Waals surface area contributed by atoms with Crippen LogP contribution in [0.1, 0.15) is 5.56 Å². The average molecular weight is 407 g/mol. The van der Waals surface area contributed by atoms with Crippen molar-refractivity contribution in [3.63, 3.8) is 0 Å². The molecule has 0 bridgehead atoms. The molecule has 1 N–H and O–H groups in total. The predicted molar refractivity (Wildman–Crippen MR) is 98.0 cm³/mol. The number of hydrogen-bond acceptors (Lipinski definition) is 5. The van der Waals surface area contributed by atoms with Crippen LogP contribution < -0.4 is 14.8 Å². The zero-order valence-electron chi connectivity index (χ0n) is 13.5. The maximum atomic E-state index is 12.0. The van der Waals surface area contributed by atoms with E-state index < -0.39 is 10.8 Å². The SMILES string of the molecule is COc1cc(/C=C/C(=O)Nc2cccc([N+](=O)[O-])c2)cc(Br)c1OC. The molecule has 0 atom stereocenters. The minimum Gasteiger partial charge on any atom is -0.493 e. The van der Waals surface area contributed by atoms with Gasteiger partial charge in [0.1, 0.15) is 0 Å². The number of nitro groups is 1. The lowest BCUT2D eigenvalue weighted by atomic mass is 10.2. The van der Waals surface area contributed by atoms with Crippen LogP contribution in [0.15, 0.2) is 46.9 Å². The molecule has 0 aliphatic rings. The minimum absolute atomic E-state index is 0.0920. The van der Waals surface area contributed by atoms with Gasteiger partial charge in [0.05, 0.1) is 23.6 Å². The van der Waals surface area contributed by atoms with Crippen LogP contribution in [0.2, 0.25) is 0 Å². The molecule has 25 heavy (non-hydrogen) atoms. The van der Waals surface area contributed by atoms with E-state index in [4.69, 9.17) is 9.47 Å². The van der Waals surface area contributed by atoms with Gasteiger partial charge < -0.3 is 14.8 Å². The van der Waals surface area contributed by atoms with E-state index in [1.165, 1.54) is 38.5 Å². The molecule has 130 valence electrons. The zero-order chi connectivity index (χ0) is 18.4. The highest BCUT2D eigenvalue weighted by atomic mass is 79.9. The van der Waals surface area contributed by atoms with E-state index >= 15 is 0 Å². The van der Waals surface area contributed by atoms with Crippen molar-refractivity contribution in [3.8, 4) is 11.5 Å². The quantitative estimate of drug-likeness (QED) is 0.444. The number of carbonyl (C=O) groups is 1. The van der Waals surface area contributed by atoms with E-state index in [2.05, 4.69) is 21.2 Å². The fourth-order valence-corrected chi connectivity index (χ4v) is 2.71. The Balaban J connectivity index is 2.14. The largest absolute Gasteiger partial charge is 0.493 e. The second-order valence-corrected chi connectivity index (χ2v) is 5.72. The van der Waals surface area contributed by atoms with E-state index in [9.17, 15) is 14.9 Å². The fraction of sp³-hybridized carbons (Fsp3) is 0.118. The predicted octanol–water partition coefficient (Wildman–Crippen LogP) is 4.03. The molecular formula is C17H15BrN2O5. The minimum atomic E-state index is -0.521. The summed E-state index contributed by atoms with van der Waals surface area (Å²) in [5, 5.41) is 13.3. The van der Waals surface area contributed by atoms with Crippen LogP contribution >= 0.6 is 15.9 Å². The molecule has 8 heteroatoms. The Kier molecular flexibility index (Phi) is 6.13. The van der Waals surface area contributed by atoms with E-state index in [-0.39, 0.29) is 5.69 Å². The molecule has 1 amide bonds. The van der Waals surface area contributed by atoms with Gasteiger partial charge in [-0.3, -0.25) is 14.9 Å². The summed E-state index contributed by atoms with van der Waals surface area (Å²) >= 11 is 3.38. The number of nitro benzene ring substituents is 1. The first-order valence-electron chi connectivity index (χ1n) is 7.09. The lowest BCUT2D eigenvalue weighted by Gasteiger charge is -2.10. The van der Waals surface area contributed by atoms with E-state index in [0.717, 1.165) is 5.56 Å². The lowest BCUT2D eigenvalue weighted by molar-refractivity contribution is -0.384. The van der Waals surface area contributed by atoms with Gasteiger partial charge in [-0.2, -0.15) is 0 Å². The topological polar surface area (TPSA) is 90.7 Å². The standard InChI is InChI=1S/C17H15BrN2O5/c1-24-15-9-11(8-14(18)17(15)25-2)6-7-16(21)19-12-4-3-5-13(10-12)20(22)23/h3-10H,1-2H3,(H,19,21)/b7-6+. The summed E-state index contributed by atoms with van der Waals surface area (Å²) in [6.07, 6.45) is 2.92. The summed E-state index contributed by atoms with van der Waals surface area (Å²) in [5.41, 5.74) is 0.974. The van der Waals surface area contributed by atoms with Crippen molar-refractivity contribution in [2.45, 2.75) is 0 Å². The Bertz CT molecular complexity index is 836. The van der Waals surface area contributed by atoms with Gasteiger partial charge in [-0.05, 0) is 45.8 Å². The summed E-state index contributed by atoms with van der Waals surface area (Å²) in [6.45, 7) is 0. The molecule has 0 aromatic heterocycles. The third-order valence-electron chi connectivity index (χ3n) is 3.21. The normalized spacial score (nSPS) is 10.5. The molecule has 0 spiro atoms. The number of benzene rings is 2. The molecule has 0 heterocycles. The van der Waals surface area contributed by atoms with Gasteiger partial charge in [-0.1, -0.05) is 6.07 Å². The van der Waals surface area contributed by atoms with Crippen LogP contribution in [0.5, 0.6) is 11.5 Å². The van der Waals surface area contributed by atoms with Gasteiger partial charge in [0.25, 0.3) is 5.69 Å². The first kappa shape index (κ1) is 18.5. The molecule has 0 radical (unpaired) electrons. The van der Waals surface area contributed by atoms with Crippen molar-refractivity contribution in [3.05, 3.63) is 62.6 Å². The molecule has 2 rings (SSSR count). The molecule has 0 unspecified atom stereocenters. The number of amides is 1. The van der Waals surface area contributed by atoms with Crippen LogP contribution in [-0.2, 0) is 4.79 Å². The highest BCUT2D eigenvalue weighted by molar-refractivity contribution is 9.10. The fourth-order valence-electron chi connectivity index (χ4n) is 2.09. The van der Waals surface area contributed by atoms with Crippen LogP contribution in [0.25, 0.3) is 6.08 Å². The highest BCUT2D eigenvalue weighted by Gasteiger charge is 2.10.